The second-order valence-corrected chi connectivity index (χ2v) is 7.07. The van der Waals surface area contributed by atoms with Crippen LogP contribution in [0.4, 0.5) is 0 Å². The fraction of sp³-hybridized carbons (Fsp3) is 0.333. The summed E-state index contributed by atoms with van der Waals surface area (Å²) in [5.74, 6) is -0.224. The van der Waals surface area contributed by atoms with E-state index in [1.165, 1.54) is 0 Å². The molecule has 7 heteroatoms. The topological polar surface area (TPSA) is 77.6 Å². The van der Waals surface area contributed by atoms with E-state index in [0.29, 0.717) is 5.69 Å². The van der Waals surface area contributed by atoms with Gasteiger partial charge in [0.25, 0.3) is 5.91 Å². The third kappa shape index (κ3) is 3.76. The Labute approximate surface area is 146 Å². The Hall–Kier alpha value is -2.96. The normalized spacial score (nSPS) is 12.8. The molecule has 1 atom stereocenters. The monoisotopic (exact) mass is 338 g/mol. The maximum absolute atomic E-state index is 12.8. The predicted molar refractivity (Wildman–Crippen MR) is 94.2 cm³/mol. The summed E-state index contributed by atoms with van der Waals surface area (Å²) in [4.78, 5) is 17.0. The largest absolute Gasteiger partial charge is 0.343 e. The summed E-state index contributed by atoms with van der Waals surface area (Å²) < 4.78 is 3.43. The number of pyridine rings is 1. The molecule has 3 aromatic rings. The predicted octanol–water partition coefficient (Wildman–Crippen LogP) is 2.52. The standard InChI is InChI=1S/C18H22N6O/c1-18(2,3)16(13-11-21-23(4)12-13)22-17(25)15-10-14(6-8-19-15)24-9-5-7-20-24/h5-12,16H,1-4H3,(H,22,25). The zero-order valence-electron chi connectivity index (χ0n) is 14.8. The van der Waals surface area contributed by atoms with Crippen molar-refractivity contribution < 1.29 is 4.79 Å². The van der Waals surface area contributed by atoms with E-state index in [0.717, 1.165) is 11.3 Å². The second-order valence-electron chi connectivity index (χ2n) is 7.07. The van der Waals surface area contributed by atoms with Crippen molar-refractivity contribution in [2.24, 2.45) is 12.5 Å². The van der Waals surface area contributed by atoms with Gasteiger partial charge in [-0.3, -0.25) is 14.5 Å². The fourth-order valence-corrected chi connectivity index (χ4v) is 2.70. The van der Waals surface area contributed by atoms with E-state index in [-0.39, 0.29) is 17.4 Å². The van der Waals surface area contributed by atoms with Gasteiger partial charge in [-0.15, -0.1) is 0 Å². The minimum atomic E-state index is -0.224. The van der Waals surface area contributed by atoms with Crippen LogP contribution in [0.25, 0.3) is 5.69 Å². The molecule has 0 saturated heterocycles. The first-order valence-corrected chi connectivity index (χ1v) is 8.10. The van der Waals surface area contributed by atoms with Gasteiger partial charge in [0.1, 0.15) is 5.69 Å². The van der Waals surface area contributed by atoms with E-state index in [1.54, 1.807) is 34.0 Å². The molecule has 0 saturated carbocycles. The number of aryl methyl sites for hydroxylation is 1. The minimum absolute atomic E-state index is 0.168. The van der Waals surface area contributed by atoms with Gasteiger partial charge in [0, 0.05) is 37.4 Å². The summed E-state index contributed by atoms with van der Waals surface area (Å²) in [5.41, 5.74) is 1.94. The van der Waals surface area contributed by atoms with Gasteiger partial charge < -0.3 is 5.32 Å². The van der Waals surface area contributed by atoms with Crippen LogP contribution in [-0.4, -0.2) is 30.5 Å². The maximum atomic E-state index is 12.8. The van der Waals surface area contributed by atoms with Crippen LogP contribution in [0, 0.1) is 5.41 Å². The van der Waals surface area contributed by atoms with Crippen molar-refractivity contribution >= 4 is 5.91 Å². The SMILES string of the molecule is Cn1cc(C(NC(=O)c2cc(-n3cccn3)ccn2)C(C)(C)C)cn1. The first-order chi connectivity index (χ1) is 11.8. The number of amides is 1. The molecule has 3 aromatic heterocycles. The molecule has 0 aliphatic carbocycles. The van der Waals surface area contributed by atoms with Crippen molar-refractivity contribution in [2.45, 2.75) is 26.8 Å². The minimum Gasteiger partial charge on any atom is -0.343 e. The molecule has 1 N–H and O–H groups in total. The number of nitrogens with one attached hydrogen (secondary N) is 1. The molecule has 0 radical (unpaired) electrons. The Morgan fingerprint density at radius 1 is 1.24 bits per heavy atom. The van der Waals surface area contributed by atoms with Gasteiger partial charge in [-0.2, -0.15) is 10.2 Å². The average Bonchev–Trinajstić information content (AvgIpc) is 3.23. The molecule has 0 spiro atoms. The highest BCUT2D eigenvalue weighted by Gasteiger charge is 2.29. The summed E-state index contributed by atoms with van der Waals surface area (Å²) in [6.45, 7) is 6.25. The number of carbonyl (C=O) groups is 1. The molecule has 0 fully saturated rings. The van der Waals surface area contributed by atoms with Gasteiger partial charge in [-0.05, 0) is 23.6 Å². The molecule has 0 aliphatic heterocycles. The second kappa shape index (κ2) is 6.51. The molecule has 1 unspecified atom stereocenters. The van der Waals surface area contributed by atoms with Crippen molar-refractivity contribution in [3.05, 3.63) is 60.4 Å². The molecule has 0 bridgehead atoms. The maximum Gasteiger partial charge on any atom is 0.270 e. The quantitative estimate of drug-likeness (QED) is 0.793. The Morgan fingerprint density at radius 3 is 2.64 bits per heavy atom. The Balaban J connectivity index is 1.86. The van der Waals surface area contributed by atoms with Crippen LogP contribution >= 0.6 is 0 Å². The zero-order valence-corrected chi connectivity index (χ0v) is 14.8. The molecular formula is C18H22N6O. The molecule has 0 aromatic carbocycles. The molecule has 25 heavy (non-hydrogen) atoms. The molecule has 7 nitrogen and oxygen atoms in total. The molecule has 3 rings (SSSR count). The first-order valence-electron chi connectivity index (χ1n) is 8.10. The fourth-order valence-electron chi connectivity index (χ4n) is 2.70. The van der Waals surface area contributed by atoms with E-state index in [9.17, 15) is 4.79 Å². The summed E-state index contributed by atoms with van der Waals surface area (Å²) in [7, 11) is 1.86. The Morgan fingerprint density at radius 2 is 2.04 bits per heavy atom. The lowest BCUT2D eigenvalue weighted by molar-refractivity contribution is 0.0896. The summed E-state index contributed by atoms with van der Waals surface area (Å²) >= 11 is 0. The molecule has 130 valence electrons. The van der Waals surface area contributed by atoms with Crippen LogP contribution in [0.1, 0.15) is 42.9 Å². The van der Waals surface area contributed by atoms with Crippen LogP contribution in [-0.2, 0) is 7.05 Å². The van der Waals surface area contributed by atoms with Crippen LogP contribution in [0.3, 0.4) is 0 Å². The van der Waals surface area contributed by atoms with Gasteiger partial charge in [0.05, 0.1) is 17.9 Å². The first kappa shape index (κ1) is 16.9. The van der Waals surface area contributed by atoms with E-state index < -0.39 is 0 Å². The lowest BCUT2D eigenvalue weighted by Gasteiger charge is -2.30. The number of rotatable bonds is 4. The van der Waals surface area contributed by atoms with Crippen LogP contribution in [0.2, 0.25) is 0 Å². The highest BCUT2D eigenvalue weighted by Crippen LogP contribution is 2.32. The van der Waals surface area contributed by atoms with Gasteiger partial charge in [-0.25, -0.2) is 4.68 Å². The van der Waals surface area contributed by atoms with Crippen LogP contribution in [0.5, 0.6) is 0 Å². The third-order valence-corrected chi connectivity index (χ3v) is 3.94. The van der Waals surface area contributed by atoms with Gasteiger partial charge in [0.15, 0.2) is 0 Å². The number of hydrogen-bond donors (Lipinski definition) is 1. The highest BCUT2D eigenvalue weighted by atomic mass is 16.1. The van der Waals surface area contributed by atoms with E-state index in [4.69, 9.17) is 0 Å². The van der Waals surface area contributed by atoms with E-state index in [1.807, 2.05) is 31.6 Å². The zero-order chi connectivity index (χ0) is 18.0. The van der Waals surface area contributed by atoms with Crippen molar-refractivity contribution in [1.82, 2.24) is 29.9 Å². The van der Waals surface area contributed by atoms with Crippen molar-refractivity contribution in [3.63, 3.8) is 0 Å². The van der Waals surface area contributed by atoms with Crippen LogP contribution in [0.15, 0.2) is 49.2 Å². The van der Waals surface area contributed by atoms with E-state index in [2.05, 4.69) is 41.3 Å². The summed E-state index contributed by atoms with van der Waals surface area (Å²) in [6, 6.07) is 5.19. The molecular weight excluding hydrogens is 316 g/mol. The highest BCUT2D eigenvalue weighted by molar-refractivity contribution is 5.93. The molecule has 1 amide bonds. The van der Waals surface area contributed by atoms with Crippen LogP contribution < -0.4 is 5.32 Å². The Bertz CT molecular complexity index is 860. The number of hydrogen-bond acceptors (Lipinski definition) is 4. The number of nitrogens with zero attached hydrogens (tertiary/aromatic N) is 5. The molecule has 3 heterocycles. The summed E-state index contributed by atoms with van der Waals surface area (Å²) in [6.07, 6.45) is 8.83. The number of carbonyl (C=O) groups excluding carboxylic acids is 1. The van der Waals surface area contributed by atoms with Gasteiger partial charge in [0.2, 0.25) is 0 Å². The van der Waals surface area contributed by atoms with E-state index >= 15 is 0 Å². The lowest BCUT2D eigenvalue weighted by atomic mass is 9.83. The Kier molecular flexibility index (Phi) is 4.39. The number of aromatic nitrogens is 5. The molecule has 0 aliphatic rings. The smallest absolute Gasteiger partial charge is 0.270 e. The third-order valence-electron chi connectivity index (χ3n) is 3.94. The van der Waals surface area contributed by atoms with Crippen molar-refractivity contribution in [2.75, 3.05) is 0 Å². The van der Waals surface area contributed by atoms with Gasteiger partial charge in [-0.1, -0.05) is 20.8 Å². The average molecular weight is 338 g/mol. The lowest BCUT2D eigenvalue weighted by Crippen LogP contribution is -2.36. The van der Waals surface area contributed by atoms with Crippen molar-refractivity contribution in [1.29, 1.82) is 0 Å². The summed E-state index contributed by atoms with van der Waals surface area (Å²) in [5, 5.41) is 11.5. The van der Waals surface area contributed by atoms with Gasteiger partial charge >= 0.3 is 0 Å². The van der Waals surface area contributed by atoms with Crippen molar-refractivity contribution in [3.8, 4) is 5.69 Å².